The zero-order valence-corrected chi connectivity index (χ0v) is 21.1. The van der Waals surface area contributed by atoms with Gasteiger partial charge in [-0.15, -0.1) is 0 Å². The van der Waals surface area contributed by atoms with E-state index in [4.69, 9.17) is 11.6 Å². The Labute approximate surface area is 215 Å². The average Bonchev–Trinajstić information content (AvgIpc) is 3.29. The number of esters is 1. The maximum atomic E-state index is 13.7. The minimum Gasteiger partial charge on any atom is -0.465 e. The first-order chi connectivity index (χ1) is 17.5. The van der Waals surface area contributed by atoms with E-state index >= 15 is 0 Å². The van der Waals surface area contributed by atoms with Crippen LogP contribution < -0.4 is 4.31 Å². The zero-order valence-electron chi connectivity index (χ0n) is 19.5. The van der Waals surface area contributed by atoms with Gasteiger partial charge in [0.2, 0.25) is 0 Å². The van der Waals surface area contributed by atoms with Crippen LogP contribution >= 0.6 is 11.6 Å². The minimum absolute atomic E-state index is 0.122. The van der Waals surface area contributed by atoms with Crippen molar-refractivity contribution in [3.05, 3.63) is 82.6 Å². The van der Waals surface area contributed by atoms with Gasteiger partial charge in [0.1, 0.15) is 0 Å². The van der Waals surface area contributed by atoms with Gasteiger partial charge in [-0.1, -0.05) is 17.7 Å². The lowest BCUT2D eigenvalue weighted by atomic mass is 10.1. The molecule has 2 aromatic carbocycles. The predicted molar refractivity (Wildman–Crippen MR) is 131 cm³/mol. The summed E-state index contributed by atoms with van der Waals surface area (Å²) >= 11 is 6.15. The van der Waals surface area contributed by atoms with Crippen molar-refractivity contribution in [1.82, 2.24) is 14.8 Å². The molecule has 0 aliphatic carbocycles. The van der Waals surface area contributed by atoms with E-state index in [-0.39, 0.29) is 22.8 Å². The number of hydrogen-bond donors (Lipinski definition) is 0. The lowest BCUT2D eigenvalue weighted by Crippen LogP contribution is -2.32. The van der Waals surface area contributed by atoms with Crippen molar-refractivity contribution in [2.75, 3.05) is 11.4 Å². The molecule has 37 heavy (non-hydrogen) atoms. The number of nitrogens with zero attached hydrogens (tertiary/aromatic N) is 4. The van der Waals surface area contributed by atoms with E-state index < -0.39 is 32.8 Å². The maximum absolute atomic E-state index is 13.7. The number of benzene rings is 2. The first kappa shape index (κ1) is 26.4. The summed E-state index contributed by atoms with van der Waals surface area (Å²) in [5.41, 5.74) is 0.368. The fourth-order valence-corrected chi connectivity index (χ4v) is 5.45. The molecule has 4 rings (SSSR count). The second-order valence-corrected chi connectivity index (χ2v) is 10.2. The molecule has 4 aromatic rings. The number of sulfonamides is 1. The topological polar surface area (TPSA) is 94.4 Å². The molecular weight excluding hydrogens is 533 g/mol. The first-order valence-corrected chi connectivity index (χ1v) is 12.7. The molecule has 2 heterocycles. The van der Waals surface area contributed by atoms with E-state index in [1.165, 1.54) is 31.4 Å². The van der Waals surface area contributed by atoms with Gasteiger partial charge >= 0.3 is 12.1 Å². The summed E-state index contributed by atoms with van der Waals surface area (Å²) in [5, 5.41) is 4.53. The van der Waals surface area contributed by atoms with Gasteiger partial charge in [-0.2, -0.15) is 18.3 Å². The van der Waals surface area contributed by atoms with Gasteiger partial charge in [0.15, 0.2) is 5.82 Å². The summed E-state index contributed by atoms with van der Waals surface area (Å²) < 4.78 is 74.2. The third-order valence-corrected chi connectivity index (χ3v) is 7.61. The Morgan fingerprint density at radius 2 is 1.81 bits per heavy atom. The Kier molecular flexibility index (Phi) is 7.16. The number of pyridine rings is 1. The van der Waals surface area contributed by atoms with Gasteiger partial charge in [0, 0.05) is 18.1 Å². The number of carbonyl (C=O) groups is 1. The molecule has 0 bridgehead atoms. The molecule has 0 aliphatic rings. The van der Waals surface area contributed by atoms with Gasteiger partial charge in [0.25, 0.3) is 10.0 Å². The van der Waals surface area contributed by atoms with Crippen LogP contribution in [0.2, 0.25) is 5.02 Å². The Bertz CT molecular complexity index is 1570. The van der Waals surface area contributed by atoms with Crippen molar-refractivity contribution in [1.29, 1.82) is 0 Å². The van der Waals surface area contributed by atoms with Gasteiger partial charge in [-0.3, -0.25) is 4.68 Å². The number of aromatic nitrogens is 3. The third kappa shape index (κ3) is 5.25. The molecule has 0 unspecified atom stereocenters. The van der Waals surface area contributed by atoms with Gasteiger partial charge in [-0.25, -0.2) is 22.5 Å². The second-order valence-electron chi connectivity index (χ2n) is 7.91. The summed E-state index contributed by atoms with van der Waals surface area (Å²) in [6.07, 6.45) is -2.55. The Hall–Kier alpha value is -3.64. The fraction of sp³-hybridized carbons (Fsp3) is 0.208. The second kappa shape index (κ2) is 10.0. The van der Waals surface area contributed by atoms with E-state index in [0.29, 0.717) is 24.4 Å². The summed E-state index contributed by atoms with van der Waals surface area (Å²) in [4.78, 5) is 15.3. The third-order valence-electron chi connectivity index (χ3n) is 5.58. The molecule has 0 N–H and O–H groups in total. The van der Waals surface area contributed by atoms with Crippen LogP contribution in [0.15, 0.2) is 65.8 Å². The standard InChI is InChI=1S/C24H20ClF3N4O4S/c1-3-31-21-9-4-15(10-17(21)12-30-31)14-32(22-20(25)11-18(13-29-22)24(26,27)28)37(34,35)19-7-5-16(6-8-19)23(33)36-2/h4-13H,3,14H2,1-2H3. The molecule has 8 nitrogen and oxygen atoms in total. The number of methoxy groups -OCH3 is 1. The molecule has 0 saturated heterocycles. The monoisotopic (exact) mass is 552 g/mol. The molecule has 194 valence electrons. The van der Waals surface area contributed by atoms with Crippen LogP contribution in [-0.4, -0.2) is 36.3 Å². The van der Waals surface area contributed by atoms with Crippen molar-refractivity contribution in [2.45, 2.75) is 31.1 Å². The fourth-order valence-electron chi connectivity index (χ4n) is 3.70. The molecule has 0 atom stereocenters. The molecule has 0 saturated carbocycles. The van der Waals surface area contributed by atoms with Crippen LogP contribution in [0, 0.1) is 0 Å². The molecule has 0 amide bonds. The number of rotatable bonds is 7. The number of ether oxygens (including phenoxy) is 1. The summed E-state index contributed by atoms with van der Waals surface area (Å²) in [5.74, 6) is -1.04. The highest BCUT2D eigenvalue weighted by Crippen LogP contribution is 2.36. The summed E-state index contributed by atoms with van der Waals surface area (Å²) in [6.45, 7) is 2.28. The van der Waals surface area contributed by atoms with E-state index in [0.717, 1.165) is 15.2 Å². The molecule has 0 aliphatic heterocycles. The number of carbonyl (C=O) groups excluding carboxylic acids is 1. The van der Waals surface area contributed by atoms with Crippen LogP contribution in [0.5, 0.6) is 0 Å². The molecular formula is C24H20ClF3N4O4S. The highest BCUT2D eigenvalue weighted by Gasteiger charge is 2.34. The predicted octanol–water partition coefficient (Wildman–Crippen LogP) is 5.31. The minimum atomic E-state index is -4.72. The Morgan fingerprint density at radius 1 is 1.11 bits per heavy atom. The molecule has 0 spiro atoms. The Morgan fingerprint density at radius 3 is 2.41 bits per heavy atom. The number of anilines is 1. The Balaban J connectivity index is 1.81. The van der Waals surface area contributed by atoms with E-state index in [2.05, 4.69) is 14.8 Å². The number of aryl methyl sites for hydroxylation is 1. The van der Waals surface area contributed by atoms with E-state index in [1.807, 2.05) is 6.92 Å². The number of fused-ring (bicyclic) bond motifs is 1. The lowest BCUT2D eigenvalue weighted by Gasteiger charge is -2.25. The smallest absolute Gasteiger partial charge is 0.417 e. The average molecular weight is 553 g/mol. The number of halogens is 4. The van der Waals surface area contributed by atoms with Crippen LogP contribution in [0.3, 0.4) is 0 Å². The van der Waals surface area contributed by atoms with Crippen molar-refractivity contribution >= 4 is 44.3 Å². The van der Waals surface area contributed by atoms with Crippen molar-refractivity contribution in [3.63, 3.8) is 0 Å². The van der Waals surface area contributed by atoms with E-state index in [9.17, 15) is 26.4 Å². The largest absolute Gasteiger partial charge is 0.465 e. The highest BCUT2D eigenvalue weighted by molar-refractivity contribution is 7.92. The number of alkyl halides is 3. The van der Waals surface area contributed by atoms with Gasteiger partial charge in [0.05, 0.1) is 46.4 Å². The maximum Gasteiger partial charge on any atom is 0.417 e. The van der Waals surface area contributed by atoms with Crippen LogP contribution in [0.4, 0.5) is 19.0 Å². The first-order valence-electron chi connectivity index (χ1n) is 10.8. The highest BCUT2D eigenvalue weighted by atomic mass is 35.5. The van der Waals surface area contributed by atoms with Gasteiger partial charge in [-0.05, 0) is 55.0 Å². The van der Waals surface area contributed by atoms with Crippen LogP contribution in [0.1, 0.15) is 28.4 Å². The van der Waals surface area contributed by atoms with E-state index in [1.54, 1.807) is 29.1 Å². The van der Waals surface area contributed by atoms with Crippen LogP contribution in [0.25, 0.3) is 10.9 Å². The molecule has 0 fully saturated rings. The molecule has 0 radical (unpaired) electrons. The molecule has 2 aromatic heterocycles. The normalized spacial score (nSPS) is 12.1. The van der Waals surface area contributed by atoms with Gasteiger partial charge < -0.3 is 4.74 Å². The summed E-state index contributed by atoms with van der Waals surface area (Å²) in [6, 6.07) is 10.8. The molecule has 13 heteroatoms. The van der Waals surface area contributed by atoms with Crippen molar-refractivity contribution in [3.8, 4) is 0 Å². The van der Waals surface area contributed by atoms with Crippen molar-refractivity contribution in [2.24, 2.45) is 0 Å². The summed E-state index contributed by atoms with van der Waals surface area (Å²) in [7, 11) is -3.20. The van der Waals surface area contributed by atoms with Crippen molar-refractivity contribution < 1.29 is 31.1 Å². The lowest BCUT2D eigenvalue weighted by molar-refractivity contribution is -0.137. The van der Waals surface area contributed by atoms with Crippen LogP contribution in [-0.2, 0) is 34.0 Å². The number of hydrogen-bond acceptors (Lipinski definition) is 6. The zero-order chi connectivity index (χ0) is 27.0. The SMILES string of the molecule is CCn1ncc2cc(CN(c3ncc(C(F)(F)F)cc3Cl)S(=O)(=O)c3ccc(C(=O)OC)cc3)ccc21. The quantitative estimate of drug-likeness (QED) is 0.289.